The van der Waals surface area contributed by atoms with E-state index in [1.54, 1.807) is 23.0 Å². The van der Waals surface area contributed by atoms with Crippen molar-refractivity contribution in [3.05, 3.63) is 94.1 Å². The first-order chi connectivity index (χ1) is 15.4. The maximum Gasteiger partial charge on any atom is 0.176 e. The van der Waals surface area contributed by atoms with E-state index in [0.29, 0.717) is 29.0 Å². The number of thiocarbonyl (C=S) groups is 1. The largest absolute Gasteiger partial charge is 0.329 e. The van der Waals surface area contributed by atoms with Crippen LogP contribution < -0.4 is 10.6 Å². The molecule has 2 N–H and O–H groups in total. The van der Waals surface area contributed by atoms with E-state index in [2.05, 4.69) is 33.0 Å². The number of anilines is 2. The second-order valence-corrected chi connectivity index (χ2v) is 8.23. The third kappa shape index (κ3) is 5.15. The average molecular weight is 469 g/mol. The van der Waals surface area contributed by atoms with Crippen LogP contribution >= 0.6 is 23.8 Å². The summed E-state index contributed by atoms with van der Waals surface area (Å²) in [5.41, 5.74) is 4.75. The number of hydrogen-bond donors (Lipinski definition) is 2. The molecule has 2 heterocycles. The smallest absolute Gasteiger partial charge is 0.176 e. The molecule has 0 saturated carbocycles. The number of nitrogens with zero attached hydrogens (tertiary/aromatic N) is 4. The van der Waals surface area contributed by atoms with Crippen molar-refractivity contribution in [1.82, 2.24) is 19.6 Å². The minimum atomic E-state index is -0.274. The van der Waals surface area contributed by atoms with E-state index in [9.17, 15) is 4.39 Å². The normalized spacial score (nSPS) is 10.9. The molecule has 4 rings (SSSR count). The number of aromatic nitrogens is 4. The number of halogens is 2. The van der Waals surface area contributed by atoms with Gasteiger partial charge in [0.05, 0.1) is 30.2 Å². The Hall–Kier alpha value is -3.23. The highest BCUT2D eigenvalue weighted by atomic mass is 35.5. The summed E-state index contributed by atoms with van der Waals surface area (Å²) in [5, 5.41) is 16.1. The van der Waals surface area contributed by atoms with E-state index in [-0.39, 0.29) is 5.82 Å². The highest BCUT2D eigenvalue weighted by molar-refractivity contribution is 7.80. The molecule has 0 bridgehead atoms. The van der Waals surface area contributed by atoms with Crippen molar-refractivity contribution in [2.24, 2.45) is 0 Å². The van der Waals surface area contributed by atoms with Crippen molar-refractivity contribution in [3.8, 4) is 0 Å². The maximum atomic E-state index is 13.1. The van der Waals surface area contributed by atoms with Gasteiger partial charge in [0.15, 0.2) is 10.9 Å². The van der Waals surface area contributed by atoms with Gasteiger partial charge in [-0.05, 0) is 49.3 Å². The molecule has 0 atom stereocenters. The van der Waals surface area contributed by atoms with Gasteiger partial charge in [0.2, 0.25) is 0 Å². The zero-order valence-electron chi connectivity index (χ0n) is 17.6. The molecule has 4 aromatic rings. The Bertz CT molecular complexity index is 1230. The molecule has 0 amide bonds. The van der Waals surface area contributed by atoms with Crippen LogP contribution in [0.15, 0.2) is 60.8 Å². The quantitative estimate of drug-likeness (QED) is 0.371. The van der Waals surface area contributed by atoms with Gasteiger partial charge in [-0.25, -0.2) is 4.39 Å². The Balaban J connectivity index is 1.43. The average Bonchev–Trinajstić information content (AvgIpc) is 3.23. The van der Waals surface area contributed by atoms with Crippen molar-refractivity contribution < 1.29 is 4.39 Å². The molecule has 0 aliphatic carbocycles. The Labute approximate surface area is 196 Å². The van der Waals surface area contributed by atoms with Crippen LogP contribution in [0.2, 0.25) is 5.02 Å². The molecule has 2 aromatic carbocycles. The lowest BCUT2D eigenvalue weighted by atomic mass is 10.2. The molecule has 32 heavy (non-hydrogen) atoms. The van der Waals surface area contributed by atoms with Gasteiger partial charge in [-0.15, -0.1) is 0 Å². The third-order valence-corrected chi connectivity index (χ3v) is 5.48. The van der Waals surface area contributed by atoms with Crippen LogP contribution in [0.4, 0.5) is 15.9 Å². The van der Waals surface area contributed by atoms with Gasteiger partial charge in [0.1, 0.15) is 10.8 Å². The van der Waals surface area contributed by atoms with Gasteiger partial charge >= 0.3 is 0 Å². The van der Waals surface area contributed by atoms with Crippen molar-refractivity contribution in [2.45, 2.75) is 26.9 Å². The zero-order chi connectivity index (χ0) is 22.7. The maximum absolute atomic E-state index is 13.1. The molecule has 0 fully saturated rings. The highest BCUT2D eigenvalue weighted by Crippen LogP contribution is 2.23. The topological polar surface area (TPSA) is 59.7 Å². The summed E-state index contributed by atoms with van der Waals surface area (Å²) in [5.74, 6) is 0.168. The Kier molecular flexibility index (Phi) is 6.53. The molecule has 6 nitrogen and oxygen atoms in total. The van der Waals surface area contributed by atoms with Crippen LogP contribution in [0.25, 0.3) is 0 Å². The van der Waals surface area contributed by atoms with E-state index in [0.717, 1.165) is 22.6 Å². The number of rotatable bonds is 6. The fourth-order valence-electron chi connectivity index (χ4n) is 3.38. The van der Waals surface area contributed by atoms with Crippen LogP contribution in [0.3, 0.4) is 0 Å². The zero-order valence-corrected chi connectivity index (χ0v) is 19.2. The van der Waals surface area contributed by atoms with Gasteiger partial charge in [0.25, 0.3) is 0 Å². The predicted octanol–water partition coefficient (Wildman–Crippen LogP) is 5.39. The standard InChI is InChI=1S/C23H22ClFN6S/c1-15-21(16(2)31(28-15)13-17-6-4-3-5-7-17)26-23(32)27-22-20(24)14-30(29-22)12-18-8-10-19(25)11-9-18/h3-11,14H,12-13H2,1-2H3,(H2,26,27,29,32). The van der Waals surface area contributed by atoms with Crippen molar-refractivity contribution >= 4 is 40.4 Å². The summed E-state index contributed by atoms with van der Waals surface area (Å²) >= 11 is 11.8. The highest BCUT2D eigenvalue weighted by Gasteiger charge is 2.15. The molecule has 0 saturated heterocycles. The second-order valence-electron chi connectivity index (χ2n) is 7.42. The van der Waals surface area contributed by atoms with Crippen LogP contribution in [0.1, 0.15) is 22.5 Å². The molecule has 0 aliphatic rings. The lowest BCUT2D eigenvalue weighted by molar-refractivity contribution is 0.624. The molecule has 0 spiro atoms. The molecule has 0 aliphatic heterocycles. The van der Waals surface area contributed by atoms with Gasteiger partial charge < -0.3 is 10.6 Å². The fourth-order valence-corrected chi connectivity index (χ4v) is 3.78. The molecule has 0 radical (unpaired) electrons. The number of nitrogens with one attached hydrogen (secondary N) is 2. The lowest BCUT2D eigenvalue weighted by Crippen LogP contribution is -2.20. The molecular formula is C23H22ClFN6S. The van der Waals surface area contributed by atoms with Gasteiger partial charge in [0, 0.05) is 6.20 Å². The predicted molar refractivity (Wildman–Crippen MR) is 130 cm³/mol. The third-order valence-electron chi connectivity index (χ3n) is 5.00. The second kappa shape index (κ2) is 9.50. The Morgan fingerprint density at radius 1 is 0.969 bits per heavy atom. The van der Waals surface area contributed by atoms with Crippen LogP contribution in [0, 0.1) is 19.7 Å². The van der Waals surface area contributed by atoms with E-state index in [1.165, 1.54) is 17.7 Å². The minimum absolute atomic E-state index is 0.274. The van der Waals surface area contributed by atoms with E-state index >= 15 is 0 Å². The summed E-state index contributed by atoms with van der Waals surface area (Å²) in [4.78, 5) is 0. The monoisotopic (exact) mass is 468 g/mol. The van der Waals surface area contributed by atoms with Crippen LogP contribution in [0.5, 0.6) is 0 Å². The molecule has 9 heteroatoms. The number of benzene rings is 2. The summed E-state index contributed by atoms with van der Waals surface area (Å²) in [7, 11) is 0. The SMILES string of the molecule is Cc1nn(Cc2ccccc2)c(C)c1NC(=S)Nc1nn(Cc2ccc(F)cc2)cc1Cl. The Morgan fingerprint density at radius 3 is 2.38 bits per heavy atom. The van der Waals surface area contributed by atoms with E-state index in [1.807, 2.05) is 36.7 Å². The molecule has 0 unspecified atom stereocenters. The van der Waals surface area contributed by atoms with Crippen molar-refractivity contribution in [3.63, 3.8) is 0 Å². The lowest BCUT2D eigenvalue weighted by Gasteiger charge is -2.10. The minimum Gasteiger partial charge on any atom is -0.329 e. The molecular weight excluding hydrogens is 447 g/mol. The van der Waals surface area contributed by atoms with Gasteiger partial charge in [-0.1, -0.05) is 54.1 Å². The summed E-state index contributed by atoms with van der Waals surface area (Å²) in [6.07, 6.45) is 1.70. The Morgan fingerprint density at radius 2 is 1.66 bits per heavy atom. The first-order valence-electron chi connectivity index (χ1n) is 10.0. The fraction of sp³-hybridized carbons (Fsp3) is 0.174. The number of hydrogen-bond acceptors (Lipinski definition) is 3. The first-order valence-corrected chi connectivity index (χ1v) is 10.8. The van der Waals surface area contributed by atoms with E-state index < -0.39 is 0 Å². The number of aryl methyl sites for hydroxylation is 1. The van der Waals surface area contributed by atoms with E-state index in [4.69, 9.17) is 23.8 Å². The van der Waals surface area contributed by atoms with Crippen molar-refractivity contribution in [2.75, 3.05) is 10.6 Å². The molecule has 164 valence electrons. The van der Waals surface area contributed by atoms with Crippen molar-refractivity contribution in [1.29, 1.82) is 0 Å². The van der Waals surface area contributed by atoms with Crippen LogP contribution in [-0.4, -0.2) is 24.7 Å². The first kappa shape index (κ1) is 22.0. The summed E-state index contributed by atoms with van der Waals surface area (Å²) < 4.78 is 16.7. The van der Waals surface area contributed by atoms with Gasteiger partial charge in [-0.2, -0.15) is 10.2 Å². The van der Waals surface area contributed by atoms with Crippen LogP contribution in [-0.2, 0) is 13.1 Å². The summed E-state index contributed by atoms with van der Waals surface area (Å²) in [6, 6.07) is 16.4. The summed E-state index contributed by atoms with van der Waals surface area (Å²) in [6.45, 7) is 5.07. The van der Waals surface area contributed by atoms with Gasteiger partial charge in [-0.3, -0.25) is 9.36 Å². The molecule has 2 aromatic heterocycles.